The Labute approximate surface area is 114 Å². The first-order valence-electron chi connectivity index (χ1n) is 6.51. The highest BCUT2D eigenvalue weighted by Gasteiger charge is 2.32. The number of anilines is 1. The third kappa shape index (κ3) is 2.80. The van der Waals surface area contributed by atoms with Gasteiger partial charge in [0.05, 0.1) is 11.9 Å². The quantitative estimate of drug-likeness (QED) is 0.823. The second kappa shape index (κ2) is 5.22. The predicted octanol–water partition coefficient (Wildman–Crippen LogP) is 3.10. The second-order valence-electron chi connectivity index (χ2n) is 5.72. The fourth-order valence-corrected chi connectivity index (χ4v) is 2.85. The molecule has 1 saturated carbocycles. The molecule has 0 radical (unpaired) electrons. The summed E-state index contributed by atoms with van der Waals surface area (Å²) in [4.78, 5) is 4.59. The van der Waals surface area contributed by atoms with Crippen LogP contribution in [-0.2, 0) is 0 Å². The maximum atomic E-state index is 5.75. The zero-order chi connectivity index (χ0) is 13.2. The van der Waals surface area contributed by atoms with E-state index in [-0.39, 0.29) is 0 Å². The van der Waals surface area contributed by atoms with Crippen LogP contribution in [0.15, 0.2) is 18.5 Å². The second-order valence-corrected chi connectivity index (χ2v) is 6.16. The molecule has 0 amide bonds. The number of thiocarbonyl (C=S) groups is 1. The van der Waals surface area contributed by atoms with Crippen LogP contribution in [0.1, 0.15) is 45.1 Å². The maximum Gasteiger partial charge on any atom is 0.106 e. The van der Waals surface area contributed by atoms with Gasteiger partial charge in [-0.25, -0.2) is 0 Å². The molecule has 0 aliphatic heterocycles. The summed E-state index contributed by atoms with van der Waals surface area (Å²) in [6.07, 6.45) is 8.60. The Morgan fingerprint density at radius 3 is 2.94 bits per heavy atom. The van der Waals surface area contributed by atoms with Gasteiger partial charge in [0.2, 0.25) is 0 Å². The summed E-state index contributed by atoms with van der Waals surface area (Å²) in [6.45, 7) is 4.64. The average molecular weight is 263 g/mol. The van der Waals surface area contributed by atoms with Gasteiger partial charge in [0, 0.05) is 17.8 Å². The lowest BCUT2D eigenvalue weighted by atomic mass is 9.73. The van der Waals surface area contributed by atoms with Crippen molar-refractivity contribution in [1.82, 2.24) is 4.98 Å². The van der Waals surface area contributed by atoms with Crippen LogP contribution in [0.4, 0.5) is 5.69 Å². The van der Waals surface area contributed by atoms with Gasteiger partial charge in [-0.2, -0.15) is 0 Å². The van der Waals surface area contributed by atoms with E-state index in [1.54, 1.807) is 6.20 Å². The molecule has 1 aromatic heterocycles. The van der Waals surface area contributed by atoms with Crippen LogP contribution in [0, 0.1) is 5.41 Å². The molecule has 1 fully saturated rings. The average Bonchev–Trinajstić information content (AvgIpc) is 2.32. The van der Waals surface area contributed by atoms with Crippen molar-refractivity contribution in [1.29, 1.82) is 0 Å². The molecular formula is C14H21N3S. The van der Waals surface area contributed by atoms with E-state index < -0.39 is 0 Å². The zero-order valence-electron chi connectivity index (χ0n) is 11.1. The van der Waals surface area contributed by atoms with Gasteiger partial charge in [0.25, 0.3) is 0 Å². The van der Waals surface area contributed by atoms with Crippen LogP contribution in [0.2, 0.25) is 0 Å². The zero-order valence-corrected chi connectivity index (χ0v) is 11.9. The van der Waals surface area contributed by atoms with Gasteiger partial charge < -0.3 is 11.1 Å². The van der Waals surface area contributed by atoms with Gasteiger partial charge in [0.1, 0.15) is 4.99 Å². The molecule has 1 aliphatic rings. The summed E-state index contributed by atoms with van der Waals surface area (Å²) in [5, 5.41) is 3.59. The monoisotopic (exact) mass is 263 g/mol. The minimum Gasteiger partial charge on any atom is -0.389 e. The molecule has 2 rings (SSSR count). The summed E-state index contributed by atoms with van der Waals surface area (Å²) >= 11 is 5.08. The van der Waals surface area contributed by atoms with E-state index in [1.165, 1.54) is 25.7 Å². The first-order valence-corrected chi connectivity index (χ1v) is 6.92. The number of nitrogens with zero attached hydrogens (tertiary/aromatic N) is 1. The van der Waals surface area contributed by atoms with Crippen LogP contribution in [0.3, 0.4) is 0 Å². The summed E-state index contributed by atoms with van der Waals surface area (Å²) in [5.41, 5.74) is 7.91. The van der Waals surface area contributed by atoms with E-state index in [2.05, 4.69) is 24.1 Å². The van der Waals surface area contributed by atoms with E-state index in [9.17, 15) is 0 Å². The molecule has 1 unspecified atom stereocenters. The van der Waals surface area contributed by atoms with E-state index in [0.717, 1.165) is 11.3 Å². The molecule has 18 heavy (non-hydrogen) atoms. The van der Waals surface area contributed by atoms with Crippen molar-refractivity contribution in [3.05, 3.63) is 24.0 Å². The van der Waals surface area contributed by atoms with Crippen molar-refractivity contribution < 1.29 is 0 Å². The number of hydrogen-bond acceptors (Lipinski definition) is 3. The fraction of sp³-hybridized carbons (Fsp3) is 0.571. The van der Waals surface area contributed by atoms with Gasteiger partial charge in [0.15, 0.2) is 0 Å². The van der Waals surface area contributed by atoms with Crippen molar-refractivity contribution in [3.63, 3.8) is 0 Å². The molecule has 1 aliphatic carbocycles. The molecule has 1 aromatic rings. The van der Waals surface area contributed by atoms with Crippen molar-refractivity contribution in [3.8, 4) is 0 Å². The largest absolute Gasteiger partial charge is 0.389 e. The first kappa shape index (κ1) is 13.3. The van der Waals surface area contributed by atoms with Gasteiger partial charge in [-0.1, -0.05) is 38.9 Å². The normalized spacial score (nSPS) is 22.4. The molecule has 3 N–H and O–H groups in total. The molecule has 98 valence electrons. The highest BCUT2D eigenvalue weighted by molar-refractivity contribution is 7.80. The van der Waals surface area contributed by atoms with Gasteiger partial charge in [-0.15, -0.1) is 0 Å². The summed E-state index contributed by atoms with van der Waals surface area (Å²) in [6, 6.07) is 2.34. The summed E-state index contributed by atoms with van der Waals surface area (Å²) in [5.74, 6) is 0. The van der Waals surface area contributed by atoms with Crippen LogP contribution in [0.25, 0.3) is 0 Å². The van der Waals surface area contributed by atoms with Crippen molar-refractivity contribution >= 4 is 22.9 Å². The van der Waals surface area contributed by atoms with E-state index in [4.69, 9.17) is 18.0 Å². The SMILES string of the molecule is CC1(C)CCCCC1Nc1cnccc1C(N)=S. The molecule has 0 spiro atoms. The van der Waals surface area contributed by atoms with Crippen molar-refractivity contribution in [2.45, 2.75) is 45.6 Å². The third-order valence-corrected chi connectivity index (χ3v) is 4.14. The lowest BCUT2D eigenvalue weighted by Crippen LogP contribution is -2.39. The Kier molecular flexibility index (Phi) is 3.85. The standard InChI is InChI=1S/C14H21N3S/c1-14(2)7-4-3-5-12(14)17-11-9-16-8-6-10(11)13(15)18/h6,8-9,12,17H,3-5,7H2,1-2H3,(H2,15,18). The van der Waals surface area contributed by atoms with Gasteiger partial charge in [-0.3, -0.25) is 4.98 Å². The Balaban J connectivity index is 2.21. The number of nitrogens with two attached hydrogens (primary N) is 1. The van der Waals surface area contributed by atoms with E-state index in [1.807, 2.05) is 12.3 Å². The number of pyridine rings is 1. The molecule has 0 aromatic carbocycles. The predicted molar refractivity (Wildman–Crippen MR) is 79.8 cm³/mol. The van der Waals surface area contributed by atoms with Crippen LogP contribution in [-0.4, -0.2) is 16.0 Å². The van der Waals surface area contributed by atoms with E-state index in [0.29, 0.717) is 16.4 Å². The summed E-state index contributed by atoms with van der Waals surface area (Å²) in [7, 11) is 0. The highest BCUT2D eigenvalue weighted by Crippen LogP contribution is 2.37. The molecule has 0 saturated heterocycles. The Morgan fingerprint density at radius 1 is 1.50 bits per heavy atom. The van der Waals surface area contributed by atoms with Crippen LogP contribution >= 0.6 is 12.2 Å². The lowest BCUT2D eigenvalue weighted by molar-refractivity contribution is 0.217. The van der Waals surface area contributed by atoms with E-state index >= 15 is 0 Å². The number of nitrogens with one attached hydrogen (secondary N) is 1. The fourth-order valence-electron chi connectivity index (χ4n) is 2.67. The Bertz CT molecular complexity index is 442. The Hall–Kier alpha value is -1.16. The third-order valence-electron chi connectivity index (χ3n) is 3.92. The number of hydrogen-bond donors (Lipinski definition) is 2. The minimum atomic E-state index is 0.307. The molecule has 1 atom stereocenters. The van der Waals surface area contributed by atoms with Crippen LogP contribution in [0.5, 0.6) is 0 Å². The molecule has 1 heterocycles. The molecule has 3 nitrogen and oxygen atoms in total. The van der Waals surface area contributed by atoms with Crippen LogP contribution < -0.4 is 11.1 Å². The highest BCUT2D eigenvalue weighted by atomic mass is 32.1. The number of rotatable bonds is 3. The maximum absolute atomic E-state index is 5.75. The molecule has 0 bridgehead atoms. The minimum absolute atomic E-state index is 0.307. The number of aromatic nitrogens is 1. The Morgan fingerprint density at radius 2 is 2.28 bits per heavy atom. The first-order chi connectivity index (χ1) is 8.50. The lowest BCUT2D eigenvalue weighted by Gasteiger charge is -2.39. The molecule has 4 heteroatoms. The van der Waals surface area contributed by atoms with Crippen molar-refractivity contribution in [2.75, 3.05) is 5.32 Å². The van der Waals surface area contributed by atoms with Gasteiger partial charge in [-0.05, 0) is 24.3 Å². The summed E-state index contributed by atoms with van der Waals surface area (Å²) < 4.78 is 0. The molecular weight excluding hydrogens is 242 g/mol. The smallest absolute Gasteiger partial charge is 0.106 e. The van der Waals surface area contributed by atoms with Gasteiger partial charge >= 0.3 is 0 Å². The van der Waals surface area contributed by atoms with Crippen molar-refractivity contribution in [2.24, 2.45) is 11.1 Å². The topological polar surface area (TPSA) is 50.9 Å².